The van der Waals surface area contributed by atoms with Gasteiger partial charge < -0.3 is 10.1 Å². The van der Waals surface area contributed by atoms with E-state index in [9.17, 15) is 9.59 Å². The van der Waals surface area contributed by atoms with Crippen LogP contribution in [0, 0.1) is 0 Å². The average Bonchev–Trinajstić information content (AvgIpc) is 2.55. The summed E-state index contributed by atoms with van der Waals surface area (Å²) in [6.07, 6.45) is 1.19. The van der Waals surface area contributed by atoms with Gasteiger partial charge in [0.25, 0.3) is 5.91 Å². The summed E-state index contributed by atoms with van der Waals surface area (Å²) in [4.78, 5) is 24.3. The van der Waals surface area contributed by atoms with Gasteiger partial charge in [-0.3, -0.25) is 4.79 Å². The van der Waals surface area contributed by atoms with Gasteiger partial charge in [-0.15, -0.1) is 0 Å². The third kappa shape index (κ3) is 4.97. The molecule has 0 atom stereocenters. The molecular formula is C18H16ClNO3. The third-order valence-electron chi connectivity index (χ3n) is 2.98. The summed E-state index contributed by atoms with van der Waals surface area (Å²) in [7, 11) is 0. The van der Waals surface area contributed by atoms with Crippen molar-refractivity contribution >= 4 is 34.7 Å². The summed E-state index contributed by atoms with van der Waals surface area (Å²) in [6, 6.07) is 15.7. The summed E-state index contributed by atoms with van der Waals surface area (Å²) in [5.41, 5.74) is 1.43. The van der Waals surface area contributed by atoms with E-state index in [1.54, 1.807) is 43.3 Å². The highest BCUT2D eigenvalue weighted by Crippen LogP contribution is 2.20. The summed E-state index contributed by atoms with van der Waals surface area (Å²) in [5.74, 6) is -0.966. The second-order valence-corrected chi connectivity index (χ2v) is 5.07. The zero-order chi connectivity index (χ0) is 16.7. The standard InChI is InChI=1S/C18H16ClNO3/c1-2-23-17(21)12-16(13-8-10-14(19)11-9-13)18(22)20-15-6-4-3-5-7-15/h3-12H,2H2,1H3,(H,20,22)/b16-12+. The van der Waals surface area contributed by atoms with Crippen molar-refractivity contribution in [1.82, 2.24) is 0 Å². The van der Waals surface area contributed by atoms with Gasteiger partial charge in [0.15, 0.2) is 0 Å². The van der Waals surface area contributed by atoms with Gasteiger partial charge in [0.1, 0.15) is 0 Å². The van der Waals surface area contributed by atoms with Crippen LogP contribution in [-0.4, -0.2) is 18.5 Å². The summed E-state index contributed by atoms with van der Waals surface area (Å²) in [5, 5.41) is 3.30. The topological polar surface area (TPSA) is 55.4 Å². The molecule has 0 heterocycles. The third-order valence-corrected chi connectivity index (χ3v) is 3.23. The minimum absolute atomic E-state index is 0.212. The number of esters is 1. The first-order chi connectivity index (χ1) is 11.1. The maximum Gasteiger partial charge on any atom is 0.331 e. The minimum Gasteiger partial charge on any atom is -0.463 e. The van der Waals surface area contributed by atoms with Crippen molar-refractivity contribution in [3.8, 4) is 0 Å². The highest BCUT2D eigenvalue weighted by Gasteiger charge is 2.15. The fourth-order valence-electron chi connectivity index (χ4n) is 1.93. The molecular weight excluding hydrogens is 314 g/mol. The summed E-state index contributed by atoms with van der Waals surface area (Å²) in [6.45, 7) is 1.95. The van der Waals surface area contributed by atoms with Crippen LogP contribution in [0.4, 0.5) is 5.69 Å². The Balaban J connectivity index is 2.31. The van der Waals surface area contributed by atoms with E-state index in [-0.39, 0.29) is 12.2 Å². The molecule has 0 aliphatic heterocycles. The van der Waals surface area contributed by atoms with Crippen LogP contribution in [-0.2, 0) is 14.3 Å². The lowest BCUT2D eigenvalue weighted by Crippen LogP contribution is -2.15. The van der Waals surface area contributed by atoms with Gasteiger partial charge in [0, 0.05) is 16.8 Å². The van der Waals surface area contributed by atoms with E-state index in [4.69, 9.17) is 16.3 Å². The zero-order valence-corrected chi connectivity index (χ0v) is 13.3. The highest BCUT2D eigenvalue weighted by molar-refractivity contribution is 6.31. The smallest absolute Gasteiger partial charge is 0.331 e. The average molecular weight is 330 g/mol. The van der Waals surface area contributed by atoms with Crippen molar-refractivity contribution < 1.29 is 14.3 Å². The number of benzene rings is 2. The van der Waals surface area contributed by atoms with Crippen LogP contribution in [0.1, 0.15) is 12.5 Å². The molecule has 0 saturated heterocycles. The van der Waals surface area contributed by atoms with Gasteiger partial charge in [-0.1, -0.05) is 41.9 Å². The fourth-order valence-corrected chi connectivity index (χ4v) is 2.06. The predicted molar refractivity (Wildman–Crippen MR) is 91.1 cm³/mol. The number of hydrogen-bond acceptors (Lipinski definition) is 3. The first kappa shape index (κ1) is 16.8. The molecule has 0 aromatic heterocycles. The number of anilines is 1. The van der Waals surface area contributed by atoms with Gasteiger partial charge in [-0.2, -0.15) is 0 Å². The first-order valence-corrected chi connectivity index (χ1v) is 7.48. The van der Waals surface area contributed by atoms with E-state index in [1.165, 1.54) is 6.08 Å². The number of rotatable bonds is 5. The molecule has 0 radical (unpaired) electrons. The molecule has 0 spiro atoms. The molecule has 0 saturated carbocycles. The van der Waals surface area contributed by atoms with Crippen molar-refractivity contribution in [3.05, 3.63) is 71.3 Å². The molecule has 2 aromatic carbocycles. The van der Waals surface area contributed by atoms with E-state index < -0.39 is 11.9 Å². The van der Waals surface area contributed by atoms with E-state index in [2.05, 4.69) is 5.32 Å². The van der Waals surface area contributed by atoms with Crippen LogP contribution >= 0.6 is 11.6 Å². The molecule has 0 fully saturated rings. The zero-order valence-electron chi connectivity index (χ0n) is 12.6. The molecule has 1 amide bonds. The number of carbonyl (C=O) groups excluding carboxylic acids is 2. The Morgan fingerprint density at radius 2 is 1.74 bits per heavy atom. The van der Waals surface area contributed by atoms with Gasteiger partial charge in [-0.25, -0.2) is 4.79 Å². The molecule has 0 bridgehead atoms. The fraction of sp³-hybridized carbons (Fsp3) is 0.111. The molecule has 2 aromatic rings. The maximum absolute atomic E-state index is 12.5. The lowest BCUT2D eigenvalue weighted by atomic mass is 10.0. The number of carbonyl (C=O) groups is 2. The molecule has 1 N–H and O–H groups in total. The Hall–Kier alpha value is -2.59. The van der Waals surface area contributed by atoms with E-state index in [1.807, 2.05) is 18.2 Å². The number of amides is 1. The Morgan fingerprint density at radius 1 is 1.09 bits per heavy atom. The Bertz CT molecular complexity index is 709. The SMILES string of the molecule is CCOC(=O)/C=C(/C(=O)Nc1ccccc1)c1ccc(Cl)cc1. The van der Waals surface area contributed by atoms with Crippen LogP contribution in [0.3, 0.4) is 0 Å². The highest BCUT2D eigenvalue weighted by atomic mass is 35.5. The number of para-hydroxylation sites is 1. The number of halogens is 1. The van der Waals surface area contributed by atoms with Crippen LogP contribution in [0.5, 0.6) is 0 Å². The molecule has 118 valence electrons. The monoisotopic (exact) mass is 329 g/mol. The van der Waals surface area contributed by atoms with Crippen molar-refractivity contribution in [2.75, 3.05) is 11.9 Å². The maximum atomic E-state index is 12.5. The summed E-state index contributed by atoms with van der Waals surface area (Å²) >= 11 is 5.87. The van der Waals surface area contributed by atoms with Crippen molar-refractivity contribution in [1.29, 1.82) is 0 Å². The minimum atomic E-state index is -0.569. The second-order valence-electron chi connectivity index (χ2n) is 4.64. The largest absolute Gasteiger partial charge is 0.463 e. The Morgan fingerprint density at radius 3 is 2.35 bits per heavy atom. The number of hydrogen-bond donors (Lipinski definition) is 1. The quantitative estimate of drug-likeness (QED) is 0.668. The number of nitrogens with one attached hydrogen (secondary N) is 1. The molecule has 4 nitrogen and oxygen atoms in total. The Kier molecular flexibility index (Phi) is 5.94. The van der Waals surface area contributed by atoms with Gasteiger partial charge in [0.2, 0.25) is 0 Å². The van der Waals surface area contributed by atoms with Crippen molar-refractivity contribution in [3.63, 3.8) is 0 Å². The van der Waals surface area contributed by atoms with Crippen molar-refractivity contribution in [2.24, 2.45) is 0 Å². The lowest BCUT2D eigenvalue weighted by Gasteiger charge is -2.09. The van der Waals surface area contributed by atoms with Crippen LogP contribution in [0.15, 0.2) is 60.7 Å². The van der Waals surface area contributed by atoms with E-state index in [0.717, 1.165) is 0 Å². The second kappa shape index (κ2) is 8.15. The predicted octanol–water partition coefficient (Wildman–Crippen LogP) is 3.93. The molecule has 0 aliphatic carbocycles. The Labute approximate surface area is 139 Å². The van der Waals surface area contributed by atoms with Crippen LogP contribution < -0.4 is 5.32 Å². The molecule has 0 unspecified atom stereocenters. The van der Waals surface area contributed by atoms with Gasteiger partial charge in [0.05, 0.1) is 12.2 Å². The van der Waals surface area contributed by atoms with Crippen LogP contribution in [0.25, 0.3) is 5.57 Å². The molecule has 23 heavy (non-hydrogen) atoms. The van der Waals surface area contributed by atoms with Crippen molar-refractivity contribution in [2.45, 2.75) is 6.92 Å². The van der Waals surface area contributed by atoms with Gasteiger partial charge >= 0.3 is 5.97 Å². The molecule has 2 rings (SSSR count). The molecule has 0 aliphatic rings. The lowest BCUT2D eigenvalue weighted by molar-refractivity contribution is -0.137. The molecule has 5 heteroatoms. The van der Waals surface area contributed by atoms with Crippen LogP contribution in [0.2, 0.25) is 5.02 Å². The summed E-state index contributed by atoms with van der Waals surface area (Å²) < 4.78 is 4.90. The first-order valence-electron chi connectivity index (χ1n) is 7.11. The number of ether oxygens (including phenoxy) is 1. The van der Waals surface area contributed by atoms with E-state index in [0.29, 0.717) is 16.3 Å². The van der Waals surface area contributed by atoms with E-state index >= 15 is 0 Å². The van der Waals surface area contributed by atoms with Gasteiger partial charge in [-0.05, 0) is 36.8 Å². The normalized spacial score (nSPS) is 11.0.